The lowest BCUT2D eigenvalue weighted by atomic mass is 10.1. The molecule has 0 atom stereocenters. The van der Waals surface area contributed by atoms with Crippen LogP contribution in [0.25, 0.3) is 17.1 Å². The predicted octanol–water partition coefficient (Wildman–Crippen LogP) is 5.54. The number of benzene rings is 2. The van der Waals surface area contributed by atoms with Crippen LogP contribution in [0.2, 0.25) is 5.02 Å². The number of aromatic nitrogens is 4. The molecule has 1 aliphatic rings. The molecule has 0 spiro atoms. The zero-order chi connectivity index (χ0) is 22.1. The summed E-state index contributed by atoms with van der Waals surface area (Å²) < 4.78 is 2.04. The van der Waals surface area contributed by atoms with E-state index in [2.05, 4.69) is 33.5 Å². The molecule has 0 bridgehead atoms. The zero-order valence-electron chi connectivity index (χ0n) is 17.3. The van der Waals surface area contributed by atoms with Crippen LogP contribution < -0.4 is 5.32 Å². The quantitative estimate of drug-likeness (QED) is 0.351. The van der Waals surface area contributed by atoms with Gasteiger partial charge in [-0.1, -0.05) is 53.7 Å². The number of thiazole rings is 1. The van der Waals surface area contributed by atoms with E-state index in [9.17, 15) is 4.79 Å². The van der Waals surface area contributed by atoms with Crippen LogP contribution in [0.5, 0.6) is 0 Å². The number of nitrogens with zero attached hydrogens (tertiary/aromatic N) is 4. The Hall–Kier alpha value is -2.68. The van der Waals surface area contributed by atoms with E-state index in [1.807, 2.05) is 52.4 Å². The number of rotatable bonds is 7. The van der Waals surface area contributed by atoms with Crippen molar-refractivity contribution in [2.24, 2.45) is 0 Å². The second-order valence-corrected chi connectivity index (χ2v) is 9.86. The second-order valence-electron chi connectivity index (χ2n) is 7.57. The molecule has 0 unspecified atom stereocenters. The van der Waals surface area contributed by atoms with E-state index in [-0.39, 0.29) is 5.91 Å². The van der Waals surface area contributed by atoms with Gasteiger partial charge in [-0.15, -0.1) is 21.5 Å². The van der Waals surface area contributed by atoms with E-state index in [1.54, 1.807) is 0 Å². The molecule has 0 aliphatic heterocycles. The second kappa shape index (κ2) is 9.05. The van der Waals surface area contributed by atoms with Crippen LogP contribution in [-0.4, -0.2) is 31.7 Å². The Balaban J connectivity index is 1.44. The van der Waals surface area contributed by atoms with Crippen molar-refractivity contribution in [1.82, 2.24) is 25.1 Å². The van der Waals surface area contributed by atoms with Gasteiger partial charge in [0, 0.05) is 17.0 Å². The number of carbonyl (C=O) groups is 1. The van der Waals surface area contributed by atoms with E-state index in [1.165, 1.54) is 23.1 Å². The van der Waals surface area contributed by atoms with Crippen LogP contribution in [0.1, 0.15) is 33.9 Å². The smallest absolute Gasteiger partial charge is 0.270 e. The molecule has 1 fully saturated rings. The molecule has 1 saturated carbocycles. The number of thioether (sulfide) groups is 1. The maximum atomic E-state index is 12.2. The average Bonchev–Trinajstić information content (AvgIpc) is 3.31. The highest BCUT2D eigenvalue weighted by Gasteiger charge is 2.25. The minimum atomic E-state index is -0.0934. The molecule has 2 aromatic carbocycles. The Bertz CT molecular complexity index is 1280. The standard InChI is InChI=1S/C23H20ClN5OS2/c1-14-6-2-5-9-19(14)29-21(16-7-3-4-8-17(16)24)27-28-23(29)32-13-20-26-18(12-31-20)22(30)25-15-10-11-15/h2-9,12,15H,10-11,13H2,1H3,(H,25,30). The van der Waals surface area contributed by atoms with Gasteiger partial charge < -0.3 is 5.32 Å². The number of carbonyl (C=O) groups excluding carboxylic acids is 1. The van der Waals surface area contributed by atoms with Gasteiger partial charge in [-0.2, -0.15) is 0 Å². The maximum Gasteiger partial charge on any atom is 0.270 e. The molecule has 1 aliphatic carbocycles. The number of hydrogen-bond acceptors (Lipinski definition) is 6. The number of nitrogens with one attached hydrogen (secondary N) is 1. The van der Waals surface area contributed by atoms with Crippen LogP contribution in [0, 0.1) is 6.92 Å². The molecule has 2 heterocycles. The summed E-state index contributed by atoms with van der Waals surface area (Å²) in [6, 6.07) is 16.1. The summed E-state index contributed by atoms with van der Waals surface area (Å²) in [5, 5.41) is 16.0. The van der Waals surface area contributed by atoms with Crippen molar-refractivity contribution in [3.8, 4) is 17.1 Å². The van der Waals surface area contributed by atoms with Crippen LogP contribution >= 0.6 is 34.7 Å². The minimum Gasteiger partial charge on any atom is -0.348 e. The lowest BCUT2D eigenvalue weighted by molar-refractivity contribution is 0.0946. The first-order valence-corrected chi connectivity index (χ1v) is 12.5. The normalized spacial score (nSPS) is 13.3. The molecule has 0 radical (unpaired) electrons. The molecule has 9 heteroatoms. The fourth-order valence-corrected chi connectivity index (χ4v) is 5.26. The summed E-state index contributed by atoms with van der Waals surface area (Å²) in [6.07, 6.45) is 2.11. The molecule has 5 rings (SSSR count). The van der Waals surface area contributed by atoms with Crippen molar-refractivity contribution in [3.63, 3.8) is 0 Å². The van der Waals surface area contributed by atoms with Crippen LogP contribution in [0.4, 0.5) is 0 Å². The third kappa shape index (κ3) is 4.44. The van der Waals surface area contributed by atoms with E-state index < -0.39 is 0 Å². The summed E-state index contributed by atoms with van der Waals surface area (Å²) in [6.45, 7) is 2.06. The lowest BCUT2D eigenvalue weighted by Crippen LogP contribution is -2.25. The highest BCUT2D eigenvalue weighted by Crippen LogP contribution is 2.34. The van der Waals surface area contributed by atoms with Gasteiger partial charge in [0.2, 0.25) is 0 Å². The number of para-hydroxylation sites is 1. The molecule has 6 nitrogen and oxygen atoms in total. The summed E-state index contributed by atoms with van der Waals surface area (Å²) in [5.41, 5.74) is 3.41. The Morgan fingerprint density at radius 1 is 1.19 bits per heavy atom. The van der Waals surface area contributed by atoms with Crippen molar-refractivity contribution in [3.05, 3.63) is 75.2 Å². The molecular weight excluding hydrogens is 462 g/mol. The SMILES string of the molecule is Cc1ccccc1-n1c(SCc2nc(C(=O)NC3CC3)cs2)nnc1-c1ccccc1Cl. The molecule has 1 N–H and O–H groups in total. The van der Waals surface area contributed by atoms with Crippen molar-refractivity contribution in [2.75, 3.05) is 0 Å². The first-order chi connectivity index (χ1) is 15.6. The average molecular weight is 482 g/mol. The van der Waals surface area contributed by atoms with Crippen molar-refractivity contribution >= 4 is 40.6 Å². The topological polar surface area (TPSA) is 72.7 Å². The summed E-state index contributed by atoms with van der Waals surface area (Å²) >= 11 is 9.50. The molecule has 32 heavy (non-hydrogen) atoms. The van der Waals surface area contributed by atoms with Crippen molar-refractivity contribution in [1.29, 1.82) is 0 Å². The third-order valence-electron chi connectivity index (χ3n) is 5.13. The van der Waals surface area contributed by atoms with Gasteiger partial charge in [0.05, 0.1) is 16.5 Å². The number of aryl methyl sites for hydroxylation is 1. The summed E-state index contributed by atoms with van der Waals surface area (Å²) in [4.78, 5) is 16.8. The van der Waals surface area contributed by atoms with Crippen LogP contribution in [0.3, 0.4) is 0 Å². The first kappa shape index (κ1) is 21.2. The van der Waals surface area contributed by atoms with E-state index in [0.29, 0.717) is 28.3 Å². The molecule has 4 aromatic rings. The molecule has 1 amide bonds. The lowest BCUT2D eigenvalue weighted by Gasteiger charge is -2.13. The summed E-state index contributed by atoms with van der Waals surface area (Å²) in [5.74, 6) is 1.19. The van der Waals surface area contributed by atoms with E-state index in [4.69, 9.17) is 11.6 Å². The Morgan fingerprint density at radius 3 is 2.75 bits per heavy atom. The molecular formula is C23H20ClN5OS2. The fourth-order valence-electron chi connectivity index (χ4n) is 3.31. The van der Waals surface area contributed by atoms with Gasteiger partial charge in [0.25, 0.3) is 5.91 Å². The highest BCUT2D eigenvalue weighted by molar-refractivity contribution is 7.98. The van der Waals surface area contributed by atoms with Gasteiger partial charge >= 0.3 is 0 Å². The predicted molar refractivity (Wildman–Crippen MR) is 129 cm³/mol. The van der Waals surface area contributed by atoms with Gasteiger partial charge in [-0.25, -0.2) is 4.98 Å². The third-order valence-corrected chi connectivity index (χ3v) is 7.43. The van der Waals surface area contributed by atoms with Gasteiger partial charge in [0.1, 0.15) is 10.7 Å². The van der Waals surface area contributed by atoms with Crippen LogP contribution in [-0.2, 0) is 5.75 Å². The zero-order valence-corrected chi connectivity index (χ0v) is 19.7. The minimum absolute atomic E-state index is 0.0934. The summed E-state index contributed by atoms with van der Waals surface area (Å²) in [7, 11) is 0. The van der Waals surface area contributed by atoms with Crippen molar-refractivity contribution in [2.45, 2.75) is 36.7 Å². The molecule has 0 saturated heterocycles. The fraction of sp³-hybridized carbons (Fsp3) is 0.217. The maximum absolute atomic E-state index is 12.2. The Labute approximate surface area is 199 Å². The highest BCUT2D eigenvalue weighted by atomic mass is 35.5. The number of halogens is 1. The monoisotopic (exact) mass is 481 g/mol. The Morgan fingerprint density at radius 2 is 1.97 bits per heavy atom. The van der Waals surface area contributed by atoms with Gasteiger partial charge in [-0.3, -0.25) is 9.36 Å². The van der Waals surface area contributed by atoms with Gasteiger partial charge in [-0.05, 0) is 43.5 Å². The van der Waals surface area contributed by atoms with Gasteiger partial charge in [0.15, 0.2) is 11.0 Å². The molecule has 162 valence electrons. The molecule has 2 aromatic heterocycles. The van der Waals surface area contributed by atoms with Crippen LogP contribution in [0.15, 0.2) is 59.1 Å². The number of amides is 1. The first-order valence-electron chi connectivity index (χ1n) is 10.2. The van der Waals surface area contributed by atoms with Crippen molar-refractivity contribution < 1.29 is 4.79 Å². The Kier molecular flexibility index (Phi) is 5.99. The largest absolute Gasteiger partial charge is 0.348 e. The number of hydrogen-bond donors (Lipinski definition) is 1. The van der Waals surface area contributed by atoms with E-state index in [0.717, 1.165) is 39.8 Å². The van der Waals surface area contributed by atoms with E-state index >= 15 is 0 Å².